The lowest BCUT2D eigenvalue weighted by atomic mass is 9.95. The highest BCUT2D eigenvalue weighted by atomic mass is 16.5. The topological polar surface area (TPSA) is 100 Å². The third kappa shape index (κ3) is 6.17. The summed E-state index contributed by atoms with van der Waals surface area (Å²) in [5, 5.41) is 20.2. The second-order valence-electron chi connectivity index (χ2n) is 8.59. The number of amides is 1. The Morgan fingerprint density at radius 1 is 1.19 bits per heavy atom. The third-order valence-corrected chi connectivity index (χ3v) is 6.01. The molecule has 3 aromatic rings. The van der Waals surface area contributed by atoms with Gasteiger partial charge in [0.1, 0.15) is 18.2 Å². The fourth-order valence-electron chi connectivity index (χ4n) is 4.36. The van der Waals surface area contributed by atoms with Crippen molar-refractivity contribution < 1.29 is 14.6 Å². The predicted molar refractivity (Wildman–Crippen MR) is 122 cm³/mol. The van der Waals surface area contributed by atoms with E-state index in [1.54, 1.807) is 6.92 Å². The van der Waals surface area contributed by atoms with Gasteiger partial charge in [0.2, 0.25) is 5.91 Å². The quantitative estimate of drug-likeness (QED) is 0.477. The number of aliphatic hydroxyl groups excluding tert-OH is 1. The van der Waals surface area contributed by atoms with Gasteiger partial charge in [-0.2, -0.15) is 5.10 Å². The lowest BCUT2D eigenvalue weighted by molar-refractivity contribution is -0.115. The van der Waals surface area contributed by atoms with E-state index in [2.05, 4.69) is 32.6 Å². The first-order valence-corrected chi connectivity index (χ1v) is 11.2. The van der Waals surface area contributed by atoms with Crippen LogP contribution < -0.4 is 10.1 Å². The number of hydrogen-bond acceptors (Lipinski definition) is 5. The summed E-state index contributed by atoms with van der Waals surface area (Å²) in [5.41, 5.74) is 2.01. The lowest BCUT2D eigenvalue weighted by Gasteiger charge is -2.19. The first-order valence-electron chi connectivity index (χ1n) is 11.2. The summed E-state index contributed by atoms with van der Waals surface area (Å²) < 4.78 is 5.72. The van der Waals surface area contributed by atoms with Crippen molar-refractivity contribution in [2.75, 3.05) is 11.9 Å². The predicted octanol–water partition coefficient (Wildman–Crippen LogP) is 3.69. The zero-order valence-electron chi connectivity index (χ0n) is 18.3. The van der Waals surface area contributed by atoms with Gasteiger partial charge in [0.05, 0.1) is 12.5 Å². The van der Waals surface area contributed by atoms with Crippen molar-refractivity contribution in [2.24, 2.45) is 11.8 Å². The Balaban J connectivity index is 1.21. The van der Waals surface area contributed by atoms with E-state index in [4.69, 9.17) is 4.74 Å². The molecule has 2 aromatic carbocycles. The van der Waals surface area contributed by atoms with Crippen molar-refractivity contribution in [3.05, 3.63) is 71.8 Å². The SMILES string of the molecule is Cc1nc(CC(=O)Nc2ccc(C[C@@H]3CC[C@H]([C@H](O)COc4ccccc4)C3)cc2)n[nH]1. The number of carbonyl (C=O) groups is 1. The molecule has 1 aliphatic rings. The highest BCUT2D eigenvalue weighted by Gasteiger charge is 2.30. The number of para-hydroxylation sites is 1. The maximum atomic E-state index is 12.2. The second-order valence-corrected chi connectivity index (χ2v) is 8.59. The van der Waals surface area contributed by atoms with Crippen LogP contribution in [0.3, 0.4) is 0 Å². The van der Waals surface area contributed by atoms with Gasteiger partial charge in [0.25, 0.3) is 0 Å². The van der Waals surface area contributed by atoms with Crippen LogP contribution in [0.25, 0.3) is 0 Å². The zero-order chi connectivity index (χ0) is 22.3. The van der Waals surface area contributed by atoms with Gasteiger partial charge in [-0.3, -0.25) is 9.89 Å². The van der Waals surface area contributed by atoms with E-state index in [-0.39, 0.29) is 18.2 Å². The van der Waals surface area contributed by atoms with E-state index in [1.165, 1.54) is 5.56 Å². The molecule has 0 spiro atoms. The maximum Gasteiger partial charge on any atom is 0.232 e. The Morgan fingerprint density at radius 2 is 1.97 bits per heavy atom. The number of nitrogens with one attached hydrogen (secondary N) is 2. The van der Waals surface area contributed by atoms with Crippen LogP contribution in [0.2, 0.25) is 0 Å². The van der Waals surface area contributed by atoms with Gasteiger partial charge < -0.3 is 15.2 Å². The monoisotopic (exact) mass is 434 g/mol. The molecule has 7 heteroatoms. The molecule has 3 atom stereocenters. The molecule has 168 valence electrons. The molecule has 1 saturated carbocycles. The van der Waals surface area contributed by atoms with E-state index in [9.17, 15) is 9.90 Å². The number of aliphatic hydroxyl groups is 1. The van der Waals surface area contributed by atoms with Crippen LogP contribution in [0.4, 0.5) is 5.69 Å². The molecule has 0 bridgehead atoms. The number of anilines is 1. The molecule has 1 aromatic heterocycles. The van der Waals surface area contributed by atoms with Crippen molar-refractivity contribution in [3.63, 3.8) is 0 Å². The van der Waals surface area contributed by atoms with E-state index in [0.717, 1.165) is 37.1 Å². The second kappa shape index (κ2) is 10.4. The molecule has 32 heavy (non-hydrogen) atoms. The van der Waals surface area contributed by atoms with Crippen molar-refractivity contribution in [3.8, 4) is 5.75 Å². The molecule has 1 aliphatic carbocycles. The van der Waals surface area contributed by atoms with Crippen molar-refractivity contribution in [1.82, 2.24) is 15.2 Å². The Bertz CT molecular complexity index is 1000. The van der Waals surface area contributed by atoms with Crippen LogP contribution in [0, 0.1) is 18.8 Å². The number of hydrogen-bond donors (Lipinski definition) is 3. The van der Waals surface area contributed by atoms with E-state index in [1.807, 2.05) is 42.5 Å². The van der Waals surface area contributed by atoms with Gasteiger partial charge in [-0.05, 0) is 74.3 Å². The Kier molecular flexibility index (Phi) is 7.17. The molecular weight excluding hydrogens is 404 g/mol. The van der Waals surface area contributed by atoms with Gasteiger partial charge in [-0.1, -0.05) is 30.3 Å². The molecule has 4 rings (SSSR count). The van der Waals surface area contributed by atoms with Crippen LogP contribution in [-0.4, -0.2) is 38.9 Å². The number of H-pyrrole nitrogens is 1. The maximum absolute atomic E-state index is 12.2. The van der Waals surface area contributed by atoms with Crippen LogP contribution in [0.1, 0.15) is 36.5 Å². The highest BCUT2D eigenvalue weighted by Crippen LogP contribution is 2.35. The summed E-state index contributed by atoms with van der Waals surface area (Å²) in [6.45, 7) is 2.14. The van der Waals surface area contributed by atoms with Crippen LogP contribution in [0.5, 0.6) is 5.75 Å². The Morgan fingerprint density at radius 3 is 2.69 bits per heavy atom. The third-order valence-electron chi connectivity index (χ3n) is 6.01. The fraction of sp³-hybridized carbons (Fsp3) is 0.400. The zero-order valence-corrected chi connectivity index (χ0v) is 18.3. The Hall–Kier alpha value is -3.19. The van der Waals surface area contributed by atoms with Gasteiger partial charge in [-0.25, -0.2) is 4.98 Å². The minimum absolute atomic E-state index is 0.137. The first-order chi connectivity index (χ1) is 15.5. The van der Waals surface area contributed by atoms with E-state index in [0.29, 0.717) is 24.2 Å². The van der Waals surface area contributed by atoms with Gasteiger partial charge in [0.15, 0.2) is 5.82 Å². The number of aryl methyl sites for hydroxylation is 1. The minimum atomic E-state index is -0.439. The van der Waals surface area contributed by atoms with Crippen molar-refractivity contribution in [2.45, 2.75) is 45.1 Å². The minimum Gasteiger partial charge on any atom is -0.491 e. The summed E-state index contributed by atoms with van der Waals surface area (Å²) >= 11 is 0. The number of aromatic amines is 1. The van der Waals surface area contributed by atoms with Gasteiger partial charge in [-0.15, -0.1) is 0 Å². The average Bonchev–Trinajstić information content (AvgIpc) is 3.43. The standard InChI is InChI=1S/C25H30N4O3/c1-17-26-24(29-28-17)15-25(31)27-21-11-8-18(9-12-21)13-19-7-10-20(14-19)23(30)16-32-22-5-3-2-4-6-22/h2-6,8-9,11-12,19-20,23,30H,7,10,13-16H2,1H3,(H,27,31)(H,26,28,29)/t19-,20-,23+/m0/s1. The van der Waals surface area contributed by atoms with Crippen LogP contribution >= 0.6 is 0 Å². The number of rotatable bonds is 9. The molecular formula is C25H30N4O3. The molecule has 0 aliphatic heterocycles. The molecule has 3 N–H and O–H groups in total. The normalized spacial score (nSPS) is 18.9. The fourth-order valence-corrected chi connectivity index (χ4v) is 4.36. The summed E-state index contributed by atoms with van der Waals surface area (Å²) in [6.07, 6.45) is 3.83. The Labute approximate surface area is 188 Å². The molecule has 7 nitrogen and oxygen atoms in total. The average molecular weight is 435 g/mol. The molecule has 0 unspecified atom stereocenters. The smallest absolute Gasteiger partial charge is 0.232 e. The number of aromatic nitrogens is 3. The number of carbonyl (C=O) groups excluding carboxylic acids is 1. The summed E-state index contributed by atoms with van der Waals surface area (Å²) in [7, 11) is 0. The van der Waals surface area contributed by atoms with Gasteiger partial charge in [0, 0.05) is 5.69 Å². The molecule has 1 amide bonds. The molecule has 0 radical (unpaired) electrons. The van der Waals surface area contributed by atoms with Gasteiger partial charge >= 0.3 is 0 Å². The summed E-state index contributed by atoms with van der Waals surface area (Å²) in [4.78, 5) is 16.3. The molecule has 1 fully saturated rings. The largest absolute Gasteiger partial charge is 0.491 e. The first kappa shape index (κ1) is 22.0. The number of benzene rings is 2. The van der Waals surface area contributed by atoms with Crippen molar-refractivity contribution in [1.29, 1.82) is 0 Å². The van der Waals surface area contributed by atoms with Crippen molar-refractivity contribution >= 4 is 11.6 Å². The molecule has 0 saturated heterocycles. The molecule has 1 heterocycles. The van der Waals surface area contributed by atoms with E-state index >= 15 is 0 Å². The summed E-state index contributed by atoms with van der Waals surface area (Å²) in [6, 6.07) is 17.6. The van der Waals surface area contributed by atoms with E-state index < -0.39 is 6.10 Å². The van der Waals surface area contributed by atoms with Crippen LogP contribution in [-0.2, 0) is 17.6 Å². The highest BCUT2D eigenvalue weighted by molar-refractivity contribution is 5.91. The number of nitrogens with zero attached hydrogens (tertiary/aromatic N) is 2. The summed E-state index contributed by atoms with van der Waals surface area (Å²) in [5.74, 6) is 2.68. The number of ether oxygens (including phenoxy) is 1. The van der Waals surface area contributed by atoms with Crippen LogP contribution in [0.15, 0.2) is 54.6 Å². The lowest BCUT2D eigenvalue weighted by Crippen LogP contribution is -2.25.